The van der Waals surface area contributed by atoms with Crippen molar-refractivity contribution in [2.75, 3.05) is 0 Å². The van der Waals surface area contributed by atoms with Gasteiger partial charge in [-0.15, -0.1) is 10.2 Å². The average molecular weight is 221 g/mol. The molecule has 0 radical (unpaired) electrons. The Bertz CT molecular complexity index is 466. The Morgan fingerprint density at radius 2 is 2.12 bits per heavy atom. The van der Waals surface area contributed by atoms with Crippen molar-refractivity contribution in [3.8, 4) is 5.75 Å². The van der Waals surface area contributed by atoms with Gasteiger partial charge in [-0.05, 0) is 12.1 Å². The smallest absolute Gasteiger partial charge is 0.269 e. The van der Waals surface area contributed by atoms with E-state index in [1.54, 1.807) is 0 Å². The van der Waals surface area contributed by atoms with Gasteiger partial charge in [-0.25, -0.2) is 0 Å². The minimum absolute atomic E-state index is 0.0186. The van der Waals surface area contributed by atoms with Crippen molar-refractivity contribution < 1.29 is 14.1 Å². The van der Waals surface area contributed by atoms with Crippen molar-refractivity contribution in [1.29, 1.82) is 0 Å². The molecule has 0 aliphatic heterocycles. The van der Waals surface area contributed by atoms with E-state index in [-0.39, 0.29) is 12.3 Å². The zero-order valence-electron chi connectivity index (χ0n) is 8.07. The lowest BCUT2D eigenvalue weighted by Crippen LogP contribution is -1.96. The number of hydrogen-bond donors (Lipinski definition) is 0. The van der Waals surface area contributed by atoms with Crippen LogP contribution in [0.5, 0.6) is 5.75 Å². The molecule has 0 saturated carbocycles. The van der Waals surface area contributed by atoms with Crippen LogP contribution in [-0.4, -0.2) is 15.1 Å². The molecular formula is C9H7N3O4. The lowest BCUT2D eigenvalue weighted by atomic mass is 10.3. The second kappa shape index (κ2) is 4.39. The number of ether oxygens (including phenoxy) is 1. The Labute approximate surface area is 89.8 Å². The number of benzene rings is 1. The van der Waals surface area contributed by atoms with E-state index in [1.165, 1.54) is 30.7 Å². The Kier molecular flexibility index (Phi) is 2.77. The number of nitro groups is 1. The molecule has 7 nitrogen and oxygen atoms in total. The first-order valence-corrected chi connectivity index (χ1v) is 4.38. The topological polar surface area (TPSA) is 91.3 Å². The van der Waals surface area contributed by atoms with Gasteiger partial charge in [-0.2, -0.15) is 0 Å². The largest absolute Gasteiger partial charge is 0.484 e. The second-order valence-corrected chi connectivity index (χ2v) is 2.87. The van der Waals surface area contributed by atoms with Crippen molar-refractivity contribution in [3.05, 3.63) is 46.7 Å². The highest BCUT2D eigenvalue weighted by molar-refractivity contribution is 5.35. The molecule has 0 saturated heterocycles. The fraction of sp³-hybridized carbons (Fsp3) is 0.111. The van der Waals surface area contributed by atoms with Crippen LogP contribution in [0, 0.1) is 10.1 Å². The summed E-state index contributed by atoms with van der Waals surface area (Å²) in [6, 6.07) is 5.75. The summed E-state index contributed by atoms with van der Waals surface area (Å²) >= 11 is 0. The third-order valence-electron chi connectivity index (χ3n) is 1.82. The van der Waals surface area contributed by atoms with E-state index in [9.17, 15) is 10.1 Å². The minimum atomic E-state index is -0.470. The molecule has 7 heteroatoms. The van der Waals surface area contributed by atoms with Gasteiger partial charge in [0.05, 0.1) is 4.92 Å². The predicted octanol–water partition coefficient (Wildman–Crippen LogP) is 1.56. The third kappa shape index (κ3) is 2.32. The molecule has 0 amide bonds. The maximum Gasteiger partial charge on any atom is 0.269 e. The third-order valence-corrected chi connectivity index (χ3v) is 1.82. The van der Waals surface area contributed by atoms with Gasteiger partial charge in [0.25, 0.3) is 11.6 Å². The molecule has 1 heterocycles. The number of aromatic nitrogens is 2. The van der Waals surface area contributed by atoms with Crippen LogP contribution in [0.25, 0.3) is 0 Å². The van der Waals surface area contributed by atoms with E-state index in [0.717, 1.165) is 0 Å². The summed E-state index contributed by atoms with van der Waals surface area (Å²) in [4.78, 5) is 9.92. The highest BCUT2D eigenvalue weighted by atomic mass is 16.6. The predicted molar refractivity (Wildman–Crippen MR) is 51.7 cm³/mol. The fourth-order valence-corrected chi connectivity index (χ4v) is 1.07. The van der Waals surface area contributed by atoms with Crippen LogP contribution in [0.4, 0.5) is 5.69 Å². The summed E-state index contributed by atoms with van der Waals surface area (Å²) in [6.07, 6.45) is 1.20. The first-order chi connectivity index (χ1) is 7.75. The van der Waals surface area contributed by atoms with Crippen LogP contribution >= 0.6 is 0 Å². The molecule has 1 aromatic carbocycles. The summed E-state index contributed by atoms with van der Waals surface area (Å²) < 4.78 is 10.1. The molecule has 0 aliphatic rings. The van der Waals surface area contributed by atoms with E-state index >= 15 is 0 Å². The number of non-ortho nitro benzene ring substituents is 1. The van der Waals surface area contributed by atoms with Crippen LogP contribution < -0.4 is 4.74 Å². The van der Waals surface area contributed by atoms with Gasteiger partial charge < -0.3 is 9.15 Å². The van der Waals surface area contributed by atoms with Gasteiger partial charge in [0.2, 0.25) is 6.39 Å². The molecule has 1 aromatic heterocycles. The fourth-order valence-electron chi connectivity index (χ4n) is 1.07. The minimum Gasteiger partial charge on any atom is -0.484 e. The van der Waals surface area contributed by atoms with Gasteiger partial charge in [0.15, 0.2) is 6.61 Å². The first-order valence-electron chi connectivity index (χ1n) is 4.38. The molecule has 0 bridgehead atoms. The van der Waals surface area contributed by atoms with Crippen LogP contribution in [0.15, 0.2) is 35.1 Å². The van der Waals surface area contributed by atoms with Gasteiger partial charge >= 0.3 is 0 Å². The van der Waals surface area contributed by atoms with E-state index in [2.05, 4.69) is 10.2 Å². The quantitative estimate of drug-likeness (QED) is 0.574. The van der Waals surface area contributed by atoms with Crippen LogP contribution in [0.3, 0.4) is 0 Å². The van der Waals surface area contributed by atoms with Crippen molar-refractivity contribution in [1.82, 2.24) is 10.2 Å². The standard InChI is InChI=1S/C9H7N3O4/c13-12(14)7-1-3-8(4-2-7)15-5-9-11-10-6-16-9/h1-4,6H,5H2. The molecule has 2 aromatic rings. The van der Waals surface area contributed by atoms with Crippen molar-refractivity contribution >= 4 is 5.69 Å². The molecule has 0 fully saturated rings. The Morgan fingerprint density at radius 1 is 1.38 bits per heavy atom. The number of rotatable bonds is 4. The average Bonchev–Trinajstić information content (AvgIpc) is 2.80. The Morgan fingerprint density at radius 3 is 2.69 bits per heavy atom. The van der Waals surface area contributed by atoms with Crippen molar-refractivity contribution in [3.63, 3.8) is 0 Å². The van der Waals surface area contributed by atoms with Gasteiger partial charge in [-0.3, -0.25) is 10.1 Å². The summed E-state index contributed by atoms with van der Waals surface area (Å²) in [5.41, 5.74) is 0.0186. The molecule has 0 aliphatic carbocycles. The summed E-state index contributed by atoms with van der Waals surface area (Å²) in [5, 5.41) is 17.5. The summed E-state index contributed by atoms with van der Waals surface area (Å²) in [5.74, 6) is 0.849. The highest BCUT2D eigenvalue weighted by Gasteiger charge is 2.05. The number of nitro benzene ring substituents is 1. The molecular weight excluding hydrogens is 214 g/mol. The van der Waals surface area contributed by atoms with Gasteiger partial charge in [0.1, 0.15) is 5.75 Å². The number of hydrogen-bond acceptors (Lipinski definition) is 6. The van der Waals surface area contributed by atoms with Crippen LogP contribution in [0.2, 0.25) is 0 Å². The molecule has 0 spiro atoms. The molecule has 0 unspecified atom stereocenters. The lowest BCUT2D eigenvalue weighted by Gasteiger charge is -2.01. The van der Waals surface area contributed by atoms with E-state index < -0.39 is 4.92 Å². The van der Waals surface area contributed by atoms with Crippen molar-refractivity contribution in [2.24, 2.45) is 0 Å². The van der Waals surface area contributed by atoms with E-state index in [4.69, 9.17) is 9.15 Å². The lowest BCUT2D eigenvalue weighted by molar-refractivity contribution is -0.384. The first kappa shape index (κ1) is 10.1. The van der Waals surface area contributed by atoms with Crippen LogP contribution in [0.1, 0.15) is 5.89 Å². The SMILES string of the molecule is O=[N+]([O-])c1ccc(OCc2nnco2)cc1. The number of nitrogens with zero attached hydrogens (tertiary/aromatic N) is 3. The maximum absolute atomic E-state index is 10.4. The second-order valence-electron chi connectivity index (χ2n) is 2.87. The molecule has 82 valence electrons. The normalized spacial score (nSPS) is 10.0. The van der Waals surface area contributed by atoms with Crippen LogP contribution in [-0.2, 0) is 6.61 Å². The molecule has 0 N–H and O–H groups in total. The van der Waals surface area contributed by atoms with Gasteiger partial charge in [-0.1, -0.05) is 0 Å². The Balaban J connectivity index is 1.98. The van der Waals surface area contributed by atoms with E-state index in [1.807, 2.05) is 0 Å². The zero-order valence-corrected chi connectivity index (χ0v) is 8.07. The van der Waals surface area contributed by atoms with E-state index in [0.29, 0.717) is 11.6 Å². The van der Waals surface area contributed by atoms with Crippen molar-refractivity contribution in [2.45, 2.75) is 6.61 Å². The molecule has 2 rings (SSSR count). The van der Waals surface area contributed by atoms with Gasteiger partial charge in [0, 0.05) is 12.1 Å². The maximum atomic E-state index is 10.4. The zero-order chi connectivity index (χ0) is 11.4. The monoisotopic (exact) mass is 221 g/mol. The Hall–Kier alpha value is -2.44. The molecule has 16 heavy (non-hydrogen) atoms. The summed E-state index contributed by atoms with van der Waals surface area (Å²) in [6.45, 7) is 0.137. The highest BCUT2D eigenvalue weighted by Crippen LogP contribution is 2.17. The molecule has 0 atom stereocenters. The summed E-state index contributed by atoms with van der Waals surface area (Å²) in [7, 11) is 0.